The number of benzene rings is 1. The van der Waals surface area contributed by atoms with Gasteiger partial charge in [-0.1, -0.05) is 11.8 Å². The summed E-state index contributed by atoms with van der Waals surface area (Å²) in [4.78, 5) is 35.0. The van der Waals surface area contributed by atoms with Crippen LogP contribution in [0.15, 0.2) is 28.4 Å². The molecule has 0 radical (unpaired) electrons. The largest absolute Gasteiger partial charge is 0.478 e. The van der Waals surface area contributed by atoms with Crippen LogP contribution in [-0.2, 0) is 9.59 Å². The number of thioether (sulfide) groups is 1. The van der Waals surface area contributed by atoms with Crippen LogP contribution in [0.5, 0.6) is 0 Å². The number of carboxylic acid groups (broad SMARTS) is 1. The third-order valence-corrected chi connectivity index (χ3v) is 4.05. The number of rotatable bonds is 5. The number of carboxylic acids is 1. The van der Waals surface area contributed by atoms with Crippen LogP contribution in [-0.4, -0.2) is 39.0 Å². The maximum Gasteiger partial charge on any atom is 0.337 e. The van der Waals surface area contributed by atoms with Crippen LogP contribution in [0.25, 0.3) is 0 Å². The summed E-state index contributed by atoms with van der Waals surface area (Å²) in [6.07, 6.45) is -0.194. The Balaban J connectivity index is 2.04. The molecule has 1 atom stereocenters. The molecule has 1 saturated heterocycles. The molecule has 2 rings (SSSR count). The minimum absolute atomic E-state index is 0.0394. The zero-order valence-corrected chi connectivity index (χ0v) is 14.2. The van der Waals surface area contributed by atoms with E-state index >= 15 is 0 Å². The zero-order valence-electron chi connectivity index (χ0n) is 13.4. The van der Waals surface area contributed by atoms with Gasteiger partial charge < -0.3 is 15.7 Å². The molecular formula is C15H15FN4O4S. The minimum atomic E-state index is -1.37. The van der Waals surface area contributed by atoms with E-state index in [1.807, 2.05) is 0 Å². The molecule has 0 aromatic heterocycles. The Morgan fingerprint density at radius 1 is 1.40 bits per heavy atom. The number of aromatic carboxylic acids is 1. The lowest BCUT2D eigenvalue weighted by atomic mass is 10.1. The number of hydrogen-bond donors (Lipinski definition) is 3. The molecule has 1 heterocycles. The number of nitrogens with zero attached hydrogens (tertiary/aromatic N) is 2. The van der Waals surface area contributed by atoms with Crippen molar-refractivity contribution in [1.82, 2.24) is 5.32 Å². The molecule has 3 N–H and O–H groups in total. The highest BCUT2D eigenvalue weighted by Gasteiger charge is 2.32. The van der Waals surface area contributed by atoms with E-state index < -0.39 is 22.9 Å². The van der Waals surface area contributed by atoms with Crippen LogP contribution in [0.1, 0.15) is 30.6 Å². The predicted octanol–water partition coefficient (Wildman–Crippen LogP) is 1.84. The fourth-order valence-electron chi connectivity index (χ4n) is 1.90. The van der Waals surface area contributed by atoms with Gasteiger partial charge in [-0.3, -0.25) is 9.59 Å². The number of anilines is 1. The van der Waals surface area contributed by atoms with Crippen LogP contribution in [0.3, 0.4) is 0 Å². The second-order valence-electron chi connectivity index (χ2n) is 5.30. The number of carbonyl (C=O) groups is 3. The fourth-order valence-corrected chi connectivity index (χ4v) is 2.82. The van der Waals surface area contributed by atoms with Crippen molar-refractivity contribution in [2.75, 3.05) is 5.32 Å². The van der Waals surface area contributed by atoms with E-state index in [1.165, 1.54) is 0 Å². The number of amidine groups is 1. The Kier molecular flexibility index (Phi) is 5.86. The summed E-state index contributed by atoms with van der Waals surface area (Å²) in [5.74, 6) is -3.06. The van der Waals surface area contributed by atoms with Crippen molar-refractivity contribution in [2.24, 2.45) is 10.2 Å². The molecular weight excluding hydrogens is 351 g/mol. The molecule has 2 amide bonds. The normalized spacial score (nSPS) is 18.0. The van der Waals surface area contributed by atoms with Crippen LogP contribution in [0.4, 0.5) is 10.1 Å². The summed E-state index contributed by atoms with van der Waals surface area (Å²) >= 11 is 1.06. The molecule has 1 unspecified atom stereocenters. The summed E-state index contributed by atoms with van der Waals surface area (Å²) in [5.41, 5.74) is 0.301. The highest BCUT2D eigenvalue weighted by Crippen LogP contribution is 2.24. The lowest BCUT2D eigenvalue weighted by Gasteiger charge is -2.10. The van der Waals surface area contributed by atoms with Crippen LogP contribution in [0.2, 0.25) is 0 Å². The van der Waals surface area contributed by atoms with Gasteiger partial charge in [0.25, 0.3) is 0 Å². The van der Waals surface area contributed by atoms with Crippen molar-refractivity contribution in [3.8, 4) is 0 Å². The maximum atomic E-state index is 13.1. The van der Waals surface area contributed by atoms with E-state index in [4.69, 9.17) is 5.11 Å². The van der Waals surface area contributed by atoms with Crippen molar-refractivity contribution in [3.05, 3.63) is 29.6 Å². The standard InChI is InChI=1S/C15H15FN4O4S/c1-7(2)19-20-15-18-13(22)11(25-15)6-12(21)17-10-4-3-8(16)5-9(10)14(23)24/h3-5,11H,6H2,1-2H3,(H,17,21)(H,23,24)(H,18,20,22). The summed E-state index contributed by atoms with van der Waals surface area (Å²) in [5, 5.41) is 21.2. The van der Waals surface area contributed by atoms with Crippen LogP contribution < -0.4 is 10.6 Å². The molecule has 1 aliphatic heterocycles. The highest BCUT2D eigenvalue weighted by atomic mass is 32.2. The maximum absolute atomic E-state index is 13.1. The number of nitrogens with one attached hydrogen (secondary N) is 2. The first kappa shape index (κ1) is 18.6. The Hall–Kier alpha value is -2.75. The number of amides is 2. The molecule has 132 valence electrons. The molecule has 8 nitrogen and oxygen atoms in total. The Morgan fingerprint density at radius 2 is 2.12 bits per heavy atom. The molecule has 1 fully saturated rings. The molecule has 1 aromatic carbocycles. The average Bonchev–Trinajstić information content (AvgIpc) is 2.87. The van der Waals surface area contributed by atoms with E-state index in [2.05, 4.69) is 20.8 Å². The first-order valence-electron chi connectivity index (χ1n) is 7.15. The number of halogens is 1. The van der Waals surface area contributed by atoms with Gasteiger partial charge in [-0.2, -0.15) is 5.10 Å². The van der Waals surface area contributed by atoms with E-state index in [-0.39, 0.29) is 28.7 Å². The Morgan fingerprint density at radius 3 is 2.76 bits per heavy atom. The highest BCUT2D eigenvalue weighted by molar-refractivity contribution is 8.15. The van der Waals surface area contributed by atoms with Crippen LogP contribution >= 0.6 is 11.8 Å². The summed E-state index contributed by atoms with van der Waals surface area (Å²) in [7, 11) is 0. The zero-order chi connectivity index (χ0) is 18.6. The molecule has 0 saturated carbocycles. The van der Waals surface area contributed by atoms with Crippen LogP contribution in [0, 0.1) is 5.82 Å². The fraction of sp³-hybridized carbons (Fsp3) is 0.267. The van der Waals surface area contributed by atoms with E-state index in [0.29, 0.717) is 5.71 Å². The molecule has 1 aromatic rings. The molecule has 0 bridgehead atoms. The van der Waals surface area contributed by atoms with Crippen molar-refractivity contribution in [1.29, 1.82) is 0 Å². The van der Waals surface area contributed by atoms with E-state index in [0.717, 1.165) is 30.0 Å². The molecule has 0 spiro atoms. The quantitative estimate of drug-likeness (QED) is 0.542. The minimum Gasteiger partial charge on any atom is -0.478 e. The second-order valence-corrected chi connectivity index (χ2v) is 6.49. The van der Waals surface area contributed by atoms with Gasteiger partial charge in [-0.05, 0) is 32.0 Å². The Labute approximate surface area is 146 Å². The van der Waals surface area contributed by atoms with Gasteiger partial charge in [0.05, 0.1) is 11.3 Å². The third-order valence-electron chi connectivity index (χ3n) is 2.97. The summed E-state index contributed by atoms with van der Waals surface area (Å²) < 4.78 is 13.1. The number of carbonyl (C=O) groups excluding carboxylic acids is 2. The van der Waals surface area contributed by atoms with Gasteiger partial charge in [0, 0.05) is 12.1 Å². The Bertz CT molecular complexity index is 790. The van der Waals surface area contributed by atoms with Gasteiger partial charge in [-0.25, -0.2) is 9.18 Å². The van der Waals surface area contributed by atoms with Gasteiger partial charge in [0.1, 0.15) is 11.1 Å². The van der Waals surface area contributed by atoms with Crippen molar-refractivity contribution in [2.45, 2.75) is 25.5 Å². The summed E-state index contributed by atoms with van der Waals surface area (Å²) in [6.45, 7) is 3.50. The van der Waals surface area contributed by atoms with Gasteiger partial charge in [-0.15, -0.1) is 5.10 Å². The first-order valence-corrected chi connectivity index (χ1v) is 8.03. The smallest absolute Gasteiger partial charge is 0.337 e. The van der Waals surface area contributed by atoms with E-state index in [9.17, 15) is 18.8 Å². The van der Waals surface area contributed by atoms with Crippen molar-refractivity contribution < 1.29 is 23.9 Å². The first-order chi connectivity index (χ1) is 11.8. The number of hydrogen-bond acceptors (Lipinski definition) is 6. The van der Waals surface area contributed by atoms with E-state index in [1.54, 1.807) is 13.8 Å². The van der Waals surface area contributed by atoms with Gasteiger partial charge >= 0.3 is 5.97 Å². The predicted molar refractivity (Wildman–Crippen MR) is 92.3 cm³/mol. The molecule has 25 heavy (non-hydrogen) atoms. The van der Waals surface area contributed by atoms with Crippen molar-refractivity contribution >= 4 is 46.1 Å². The van der Waals surface area contributed by atoms with Gasteiger partial charge in [0.2, 0.25) is 11.8 Å². The average molecular weight is 366 g/mol. The molecule has 1 aliphatic rings. The molecule has 10 heteroatoms. The molecule has 0 aliphatic carbocycles. The van der Waals surface area contributed by atoms with Crippen molar-refractivity contribution in [3.63, 3.8) is 0 Å². The SMILES string of the molecule is CC(C)=N/N=C1\NC(=O)C(CC(=O)Nc2ccc(F)cc2C(=O)O)S1. The second kappa shape index (κ2) is 7.88. The lowest BCUT2D eigenvalue weighted by molar-refractivity contribution is -0.122. The monoisotopic (exact) mass is 366 g/mol. The van der Waals surface area contributed by atoms with Gasteiger partial charge in [0.15, 0.2) is 5.17 Å². The topological polar surface area (TPSA) is 120 Å². The summed E-state index contributed by atoms with van der Waals surface area (Å²) in [6, 6.07) is 3.00. The third kappa shape index (κ3) is 5.11. The lowest BCUT2D eigenvalue weighted by Crippen LogP contribution is -2.28.